The highest BCUT2D eigenvalue weighted by Gasteiger charge is 2.30. The highest BCUT2D eigenvalue weighted by molar-refractivity contribution is 5.98. The number of rotatable bonds is 3. The molecule has 0 fully saturated rings. The number of hydrogen-bond donors (Lipinski definition) is 1. The van der Waals surface area contributed by atoms with E-state index in [2.05, 4.69) is 5.32 Å². The lowest BCUT2D eigenvalue weighted by molar-refractivity contribution is -0.137. The number of amides is 1. The molecule has 0 radical (unpaired) electrons. The molecule has 0 bridgehead atoms. The lowest BCUT2D eigenvalue weighted by atomic mass is 10.1. The number of alkyl halides is 3. The molecular weight excluding hydrogens is 287 g/mol. The Kier molecular flexibility index (Phi) is 4.98. The van der Waals surface area contributed by atoms with E-state index in [1.54, 1.807) is 20.8 Å². The number of ether oxygens (including phenoxy) is 1. The molecule has 0 unspecified atom stereocenters. The van der Waals surface area contributed by atoms with Gasteiger partial charge in [0.2, 0.25) is 0 Å². The van der Waals surface area contributed by atoms with Crippen molar-refractivity contribution in [2.45, 2.75) is 32.5 Å². The summed E-state index contributed by atoms with van der Waals surface area (Å²) in [5, 5.41) is 2.25. The normalized spacial score (nSPS) is 11.9. The van der Waals surface area contributed by atoms with Gasteiger partial charge in [-0.2, -0.15) is 13.2 Å². The molecule has 0 aliphatic carbocycles. The zero-order chi connectivity index (χ0) is 16.3. The van der Waals surface area contributed by atoms with E-state index in [1.807, 2.05) is 0 Å². The van der Waals surface area contributed by atoms with Gasteiger partial charge < -0.3 is 10.1 Å². The maximum absolute atomic E-state index is 12.4. The number of benzene rings is 1. The van der Waals surface area contributed by atoms with Crippen molar-refractivity contribution < 1.29 is 27.5 Å². The number of carbonyl (C=O) groups excluding carboxylic acids is 2. The first-order chi connectivity index (χ1) is 9.49. The molecule has 0 saturated carbocycles. The number of hydrogen-bond acceptors (Lipinski definition) is 3. The lowest BCUT2D eigenvalue weighted by Gasteiger charge is -2.19. The van der Waals surface area contributed by atoms with Crippen LogP contribution in [0.5, 0.6) is 0 Å². The highest BCUT2D eigenvalue weighted by Crippen LogP contribution is 2.29. The van der Waals surface area contributed by atoms with Crippen LogP contribution in [0.25, 0.3) is 0 Å². The number of ketones is 1. The van der Waals surface area contributed by atoms with E-state index in [9.17, 15) is 22.8 Å². The minimum absolute atomic E-state index is 0.0825. The van der Waals surface area contributed by atoms with Crippen LogP contribution in [0.3, 0.4) is 0 Å². The quantitative estimate of drug-likeness (QED) is 0.871. The highest BCUT2D eigenvalue weighted by atomic mass is 19.4. The van der Waals surface area contributed by atoms with Gasteiger partial charge in [-0.25, -0.2) is 4.79 Å². The summed E-state index contributed by atoms with van der Waals surface area (Å²) in [5.41, 5.74) is -1.44. The molecule has 1 N–H and O–H groups in total. The van der Waals surface area contributed by atoms with Crippen molar-refractivity contribution in [3.05, 3.63) is 35.4 Å². The Morgan fingerprint density at radius 1 is 1.10 bits per heavy atom. The minimum atomic E-state index is -4.45. The molecule has 7 heteroatoms. The van der Waals surface area contributed by atoms with Gasteiger partial charge in [-0.1, -0.05) is 12.1 Å². The van der Waals surface area contributed by atoms with Crippen molar-refractivity contribution in [3.63, 3.8) is 0 Å². The maximum atomic E-state index is 12.4. The summed E-state index contributed by atoms with van der Waals surface area (Å²) >= 11 is 0. The molecular formula is C14H16F3NO3. The van der Waals surface area contributed by atoms with Gasteiger partial charge in [-0.15, -0.1) is 0 Å². The molecule has 1 rings (SSSR count). The molecule has 21 heavy (non-hydrogen) atoms. The van der Waals surface area contributed by atoms with Gasteiger partial charge >= 0.3 is 12.3 Å². The third-order valence-corrected chi connectivity index (χ3v) is 2.33. The number of halogens is 3. The van der Waals surface area contributed by atoms with Crippen LogP contribution in [0, 0.1) is 0 Å². The van der Waals surface area contributed by atoms with Crippen LogP contribution < -0.4 is 5.32 Å². The van der Waals surface area contributed by atoms with Crippen LogP contribution in [-0.4, -0.2) is 24.0 Å². The van der Waals surface area contributed by atoms with Gasteiger partial charge in [0, 0.05) is 5.56 Å². The molecule has 116 valence electrons. The Morgan fingerprint density at radius 2 is 1.62 bits per heavy atom. The predicted octanol–water partition coefficient (Wildman–Crippen LogP) is 3.41. The predicted molar refractivity (Wildman–Crippen MR) is 70.0 cm³/mol. The second kappa shape index (κ2) is 6.15. The standard InChI is InChI=1S/C14H16F3NO3/c1-13(2,3)21-12(20)18-8-11(19)9-4-6-10(7-5-9)14(15,16)17/h4-7H,8H2,1-3H3,(H,18,20). The van der Waals surface area contributed by atoms with Crippen molar-refractivity contribution in [1.29, 1.82) is 0 Å². The van der Waals surface area contributed by atoms with E-state index < -0.39 is 29.2 Å². The van der Waals surface area contributed by atoms with Crippen LogP contribution in [0.4, 0.5) is 18.0 Å². The molecule has 0 spiro atoms. The van der Waals surface area contributed by atoms with Crippen LogP contribution in [0.1, 0.15) is 36.7 Å². The van der Waals surface area contributed by atoms with Gasteiger partial charge in [0.15, 0.2) is 5.78 Å². The summed E-state index contributed by atoms with van der Waals surface area (Å²) in [6.07, 6.45) is -5.21. The fraction of sp³-hybridized carbons (Fsp3) is 0.429. The average Bonchev–Trinajstić information content (AvgIpc) is 2.33. The van der Waals surface area contributed by atoms with E-state index in [0.717, 1.165) is 24.3 Å². The van der Waals surface area contributed by atoms with Crippen LogP contribution in [0.15, 0.2) is 24.3 Å². The van der Waals surface area contributed by atoms with Gasteiger partial charge in [-0.3, -0.25) is 4.79 Å². The summed E-state index contributed by atoms with van der Waals surface area (Å²) in [4.78, 5) is 23.1. The first-order valence-corrected chi connectivity index (χ1v) is 6.16. The van der Waals surface area contributed by atoms with Crippen molar-refractivity contribution in [1.82, 2.24) is 5.32 Å². The maximum Gasteiger partial charge on any atom is 0.416 e. The molecule has 4 nitrogen and oxygen atoms in total. The van der Waals surface area contributed by atoms with Gasteiger partial charge in [0.1, 0.15) is 5.60 Å². The molecule has 0 saturated heterocycles. The average molecular weight is 303 g/mol. The zero-order valence-corrected chi connectivity index (χ0v) is 11.9. The monoisotopic (exact) mass is 303 g/mol. The largest absolute Gasteiger partial charge is 0.444 e. The fourth-order valence-electron chi connectivity index (χ4n) is 1.41. The molecule has 0 heterocycles. The number of nitrogens with one attached hydrogen (secondary N) is 1. The molecule has 1 aromatic rings. The van der Waals surface area contributed by atoms with Gasteiger partial charge in [0.05, 0.1) is 12.1 Å². The molecule has 0 aliphatic heterocycles. The van der Waals surface area contributed by atoms with Crippen LogP contribution in [0.2, 0.25) is 0 Å². The van der Waals surface area contributed by atoms with Gasteiger partial charge in [-0.05, 0) is 32.9 Å². The zero-order valence-electron chi connectivity index (χ0n) is 11.9. The Labute approximate surface area is 120 Å². The third-order valence-electron chi connectivity index (χ3n) is 2.33. The first-order valence-electron chi connectivity index (χ1n) is 6.16. The number of Topliss-reactive ketones (excluding diaryl/α,β-unsaturated/α-hetero) is 1. The van der Waals surface area contributed by atoms with E-state index in [0.29, 0.717) is 0 Å². The topological polar surface area (TPSA) is 55.4 Å². The fourth-order valence-corrected chi connectivity index (χ4v) is 1.41. The second-order valence-corrected chi connectivity index (χ2v) is 5.35. The van der Waals surface area contributed by atoms with E-state index in [-0.39, 0.29) is 12.1 Å². The Bertz CT molecular complexity index is 516. The minimum Gasteiger partial charge on any atom is -0.444 e. The van der Waals surface area contributed by atoms with E-state index in [4.69, 9.17) is 4.74 Å². The first kappa shape index (κ1) is 17.0. The van der Waals surface area contributed by atoms with Crippen LogP contribution in [-0.2, 0) is 10.9 Å². The molecule has 0 aliphatic rings. The van der Waals surface area contributed by atoms with E-state index in [1.165, 1.54) is 0 Å². The molecule has 1 amide bonds. The lowest BCUT2D eigenvalue weighted by Crippen LogP contribution is -2.35. The summed E-state index contributed by atoms with van der Waals surface area (Å²) in [6, 6.07) is 3.78. The smallest absolute Gasteiger partial charge is 0.416 e. The van der Waals surface area contributed by atoms with E-state index >= 15 is 0 Å². The third kappa shape index (κ3) is 5.85. The summed E-state index contributed by atoms with van der Waals surface area (Å²) in [7, 11) is 0. The molecule has 1 aromatic carbocycles. The summed E-state index contributed by atoms with van der Waals surface area (Å²) < 4.78 is 42.1. The van der Waals surface area contributed by atoms with Crippen molar-refractivity contribution in [2.75, 3.05) is 6.54 Å². The van der Waals surface area contributed by atoms with Crippen molar-refractivity contribution >= 4 is 11.9 Å². The summed E-state index contributed by atoms with van der Waals surface area (Å²) in [5.74, 6) is -0.505. The Hall–Kier alpha value is -2.05. The van der Waals surface area contributed by atoms with Gasteiger partial charge in [0.25, 0.3) is 0 Å². The van der Waals surface area contributed by atoms with Crippen molar-refractivity contribution in [2.24, 2.45) is 0 Å². The number of carbonyl (C=O) groups is 2. The van der Waals surface area contributed by atoms with Crippen LogP contribution >= 0.6 is 0 Å². The number of alkyl carbamates (subject to hydrolysis) is 1. The van der Waals surface area contributed by atoms with Crippen molar-refractivity contribution in [3.8, 4) is 0 Å². The SMILES string of the molecule is CC(C)(C)OC(=O)NCC(=O)c1ccc(C(F)(F)F)cc1. The molecule has 0 atom stereocenters. The Balaban J connectivity index is 2.59. The molecule has 0 aromatic heterocycles. The summed E-state index contributed by atoms with van der Waals surface area (Å²) in [6.45, 7) is 4.67. The second-order valence-electron chi connectivity index (χ2n) is 5.35. The Morgan fingerprint density at radius 3 is 2.05 bits per heavy atom.